The van der Waals surface area contributed by atoms with Crippen molar-refractivity contribution in [1.82, 2.24) is 10.2 Å². The average molecular weight is 187 g/mol. The van der Waals surface area contributed by atoms with Gasteiger partial charge in [-0.05, 0) is 13.3 Å². The van der Waals surface area contributed by atoms with Gasteiger partial charge in [0.25, 0.3) is 0 Å². The molecule has 0 spiro atoms. The monoisotopic (exact) mass is 187 g/mol. The molecule has 0 amide bonds. The Morgan fingerprint density at radius 1 is 1.58 bits per heavy atom. The molecule has 0 radical (unpaired) electrons. The van der Waals surface area contributed by atoms with E-state index in [0.717, 1.165) is 11.6 Å². The second-order valence-corrected chi connectivity index (χ2v) is 3.67. The summed E-state index contributed by atoms with van der Waals surface area (Å²) in [6.07, 6.45) is 1.05. The van der Waals surface area contributed by atoms with E-state index in [0.29, 0.717) is 11.0 Å². The minimum absolute atomic E-state index is 0.0279. The fraction of sp³-hybridized carbons (Fsp3) is 0.714. The van der Waals surface area contributed by atoms with E-state index in [2.05, 4.69) is 29.4 Å². The van der Waals surface area contributed by atoms with Crippen LogP contribution in [-0.4, -0.2) is 21.3 Å². The Balaban J connectivity index is 2.52. The minimum atomic E-state index is -0.0279. The number of rotatable bonds is 4. The standard InChI is InChI=1S/C7H13N3OS/c1-3-5(2)8-7-10-9-6(4-11)12-7/h5,11H,3-4H2,1-2H3,(H,8,10). The van der Waals surface area contributed by atoms with Crippen molar-refractivity contribution in [3.63, 3.8) is 0 Å². The fourth-order valence-corrected chi connectivity index (χ4v) is 1.40. The maximum atomic E-state index is 8.72. The van der Waals surface area contributed by atoms with Crippen molar-refractivity contribution in [1.29, 1.82) is 0 Å². The van der Waals surface area contributed by atoms with Crippen LogP contribution < -0.4 is 5.32 Å². The van der Waals surface area contributed by atoms with Crippen LogP contribution in [0.15, 0.2) is 0 Å². The first kappa shape index (κ1) is 9.41. The summed E-state index contributed by atoms with van der Waals surface area (Å²) in [5, 5.41) is 21.0. The highest BCUT2D eigenvalue weighted by molar-refractivity contribution is 7.15. The third kappa shape index (κ3) is 2.42. The van der Waals surface area contributed by atoms with Gasteiger partial charge < -0.3 is 10.4 Å². The van der Waals surface area contributed by atoms with Crippen LogP contribution in [0.5, 0.6) is 0 Å². The predicted octanol–water partition coefficient (Wildman–Crippen LogP) is 1.24. The number of hydrogen-bond acceptors (Lipinski definition) is 5. The molecule has 1 aromatic heterocycles. The largest absolute Gasteiger partial charge is 0.389 e. The maximum Gasteiger partial charge on any atom is 0.205 e. The summed E-state index contributed by atoms with van der Waals surface area (Å²) in [7, 11) is 0. The van der Waals surface area contributed by atoms with Crippen molar-refractivity contribution in [2.75, 3.05) is 5.32 Å². The number of nitrogens with one attached hydrogen (secondary N) is 1. The van der Waals surface area contributed by atoms with Gasteiger partial charge in [0.05, 0.1) is 6.61 Å². The normalized spacial score (nSPS) is 12.9. The van der Waals surface area contributed by atoms with Gasteiger partial charge in [-0.25, -0.2) is 0 Å². The number of hydrogen-bond donors (Lipinski definition) is 2. The third-order valence-electron chi connectivity index (χ3n) is 1.58. The Labute approximate surface area is 75.6 Å². The van der Waals surface area contributed by atoms with E-state index < -0.39 is 0 Å². The van der Waals surface area contributed by atoms with E-state index in [9.17, 15) is 0 Å². The molecule has 12 heavy (non-hydrogen) atoms. The van der Waals surface area contributed by atoms with Crippen LogP contribution >= 0.6 is 11.3 Å². The molecule has 0 aliphatic rings. The summed E-state index contributed by atoms with van der Waals surface area (Å²) in [6.45, 7) is 4.16. The Morgan fingerprint density at radius 3 is 2.83 bits per heavy atom. The summed E-state index contributed by atoms with van der Waals surface area (Å²) >= 11 is 1.39. The third-order valence-corrected chi connectivity index (χ3v) is 2.42. The Hall–Kier alpha value is -0.680. The van der Waals surface area contributed by atoms with Gasteiger partial charge in [-0.3, -0.25) is 0 Å². The van der Waals surface area contributed by atoms with Gasteiger partial charge in [0.15, 0.2) is 0 Å². The summed E-state index contributed by atoms with van der Waals surface area (Å²) < 4.78 is 0. The lowest BCUT2D eigenvalue weighted by molar-refractivity contribution is 0.280. The SMILES string of the molecule is CCC(C)Nc1nnc(CO)s1. The fourth-order valence-electron chi connectivity index (χ4n) is 0.689. The molecule has 0 saturated carbocycles. The summed E-state index contributed by atoms with van der Waals surface area (Å²) in [5.41, 5.74) is 0. The molecule has 0 saturated heterocycles. The van der Waals surface area contributed by atoms with Gasteiger partial charge >= 0.3 is 0 Å². The van der Waals surface area contributed by atoms with Crippen molar-refractivity contribution < 1.29 is 5.11 Å². The van der Waals surface area contributed by atoms with E-state index in [4.69, 9.17) is 5.11 Å². The van der Waals surface area contributed by atoms with E-state index in [1.165, 1.54) is 11.3 Å². The van der Waals surface area contributed by atoms with Crippen molar-refractivity contribution in [2.45, 2.75) is 32.9 Å². The highest BCUT2D eigenvalue weighted by atomic mass is 32.1. The van der Waals surface area contributed by atoms with E-state index in [1.54, 1.807) is 0 Å². The first-order chi connectivity index (χ1) is 5.76. The van der Waals surface area contributed by atoms with Crippen LogP contribution in [0.25, 0.3) is 0 Å². The summed E-state index contributed by atoms with van der Waals surface area (Å²) in [6, 6.07) is 0.407. The number of aliphatic hydroxyl groups excluding tert-OH is 1. The molecule has 68 valence electrons. The number of aromatic nitrogens is 2. The van der Waals surface area contributed by atoms with Gasteiger partial charge in [-0.15, -0.1) is 10.2 Å². The molecule has 2 N–H and O–H groups in total. The molecule has 1 unspecified atom stereocenters. The van der Waals surface area contributed by atoms with Crippen molar-refractivity contribution in [2.24, 2.45) is 0 Å². The van der Waals surface area contributed by atoms with Gasteiger partial charge in [0, 0.05) is 6.04 Å². The number of aliphatic hydroxyl groups is 1. The molecule has 1 rings (SSSR count). The zero-order chi connectivity index (χ0) is 8.97. The highest BCUT2D eigenvalue weighted by Crippen LogP contribution is 2.16. The van der Waals surface area contributed by atoms with Gasteiger partial charge in [0.1, 0.15) is 5.01 Å². The van der Waals surface area contributed by atoms with Gasteiger partial charge in [-0.2, -0.15) is 0 Å². The molecule has 0 aromatic carbocycles. The first-order valence-electron chi connectivity index (χ1n) is 3.96. The molecule has 0 aliphatic carbocycles. The van der Waals surface area contributed by atoms with Crippen LogP contribution in [0, 0.1) is 0 Å². The Morgan fingerprint density at radius 2 is 2.33 bits per heavy atom. The predicted molar refractivity (Wildman–Crippen MR) is 49.2 cm³/mol. The lowest BCUT2D eigenvalue weighted by Gasteiger charge is -2.07. The molecule has 0 aliphatic heterocycles. The molecule has 1 heterocycles. The van der Waals surface area contributed by atoms with Crippen molar-refractivity contribution >= 4 is 16.5 Å². The van der Waals surface area contributed by atoms with Crippen molar-refractivity contribution in [3.8, 4) is 0 Å². The van der Waals surface area contributed by atoms with E-state index >= 15 is 0 Å². The molecular formula is C7H13N3OS. The maximum absolute atomic E-state index is 8.72. The minimum Gasteiger partial charge on any atom is -0.389 e. The molecule has 0 bridgehead atoms. The lowest BCUT2D eigenvalue weighted by atomic mass is 10.3. The first-order valence-corrected chi connectivity index (χ1v) is 4.77. The molecule has 5 heteroatoms. The molecule has 1 aromatic rings. The van der Waals surface area contributed by atoms with Crippen LogP contribution in [0.2, 0.25) is 0 Å². The Bertz CT molecular complexity index is 238. The molecule has 0 fully saturated rings. The van der Waals surface area contributed by atoms with Crippen LogP contribution in [0.4, 0.5) is 5.13 Å². The topological polar surface area (TPSA) is 58.0 Å². The van der Waals surface area contributed by atoms with Gasteiger partial charge in [0.2, 0.25) is 5.13 Å². The van der Waals surface area contributed by atoms with Crippen LogP contribution in [0.1, 0.15) is 25.3 Å². The van der Waals surface area contributed by atoms with Crippen molar-refractivity contribution in [3.05, 3.63) is 5.01 Å². The summed E-state index contributed by atoms with van der Waals surface area (Å²) in [5.74, 6) is 0. The smallest absolute Gasteiger partial charge is 0.205 e. The molecule has 4 nitrogen and oxygen atoms in total. The van der Waals surface area contributed by atoms with E-state index in [1.807, 2.05) is 0 Å². The zero-order valence-electron chi connectivity index (χ0n) is 7.24. The quantitative estimate of drug-likeness (QED) is 0.744. The van der Waals surface area contributed by atoms with E-state index in [-0.39, 0.29) is 6.61 Å². The lowest BCUT2D eigenvalue weighted by Crippen LogP contribution is -2.12. The highest BCUT2D eigenvalue weighted by Gasteiger charge is 2.04. The summed E-state index contributed by atoms with van der Waals surface area (Å²) in [4.78, 5) is 0. The molecular weight excluding hydrogens is 174 g/mol. The zero-order valence-corrected chi connectivity index (χ0v) is 8.06. The average Bonchev–Trinajstić information content (AvgIpc) is 2.52. The number of anilines is 1. The Kier molecular flexibility index (Phi) is 3.43. The van der Waals surface area contributed by atoms with Crippen LogP contribution in [-0.2, 0) is 6.61 Å². The van der Waals surface area contributed by atoms with Crippen LogP contribution in [0.3, 0.4) is 0 Å². The van der Waals surface area contributed by atoms with Gasteiger partial charge in [-0.1, -0.05) is 18.3 Å². The second-order valence-electron chi connectivity index (χ2n) is 2.61. The second kappa shape index (κ2) is 4.37. The molecule has 1 atom stereocenters. The number of nitrogens with zero attached hydrogens (tertiary/aromatic N) is 2.